The van der Waals surface area contributed by atoms with E-state index in [1.807, 2.05) is 12.1 Å². The van der Waals surface area contributed by atoms with Gasteiger partial charge in [-0.1, -0.05) is 108 Å². The number of halogens is 3. The summed E-state index contributed by atoms with van der Waals surface area (Å²) >= 11 is 12.6. The van der Waals surface area contributed by atoms with Crippen molar-refractivity contribution >= 4 is 46.4 Å². The molecule has 0 unspecified atom stereocenters. The molecule has 0 nitrogen and oxygen atoms in total. The van der Waals surface area contributed by atoms with Gasteiger partial charge in [-0.15, -0.1) is 0 Å². The molecule has 0 aliphatic carbocycles. The number of hydrogen-bond donors (Lipinski definition) is 0. The summed E-state index contributed by atoms with van der Waals surface area (Å²) in [5.74, 6) is 0. The number of benzene rings is 5. The lowest BCUT2D eigenvalue weighted by Crippen LogP contribution is -3.00. The topological polar surface area (TPSA) is 0 Å². The van der Waals surface area contributed by atoms with Gasteiger partial charge in [0.15, 0.2) is 0 Å². The van der Waals surface area contributed by atoms with Gasteiger partial charge in [0, 0.05) is 0 Å². The van der Waals surface area contributed by atoms with Gasteiger partial charge in [-0.05, 0) is 65.2 Å². The van der Waals surface area contributed by atoms with Gasteiger partial charge in [0.25, 0.3) is 0 Å². The highest BCUT2D eigenvalue weighted by Crippen LogP contribution is 2.58. The van der Waals surface area contributed by atoms with Crippen LogP contribution in [0, 0.1) is 0 Å². The zero-order valence-corrected chi connectivity index (χ0v) is 23.0. The van der Waals surface area contributed by atoms with E-state index in [2.05, 4.69) is 121 Å². The molecule has 174 valence electrons. The molecule has 35 heavy (non-hydrogen) atoms. The maximum absolute atomic E-state index is 6.41. The summed E-state index contributed by atoms with van der Waals surface area (Å²) in [6.07, 6.45) is 0.904. The molecule has 0 saturated carbocycles. The van der Waals surface area contributed by atoms with Gasteiger partial charge in [0.05, 0.1) is 16.2 Å². The van der Waals surface area contributed by atoms with Crippen molar-refractivity contribution in [3.63, 3.8) is 0 Å². The highest BCUT2D eigenvalue weighted by atomic mass is 79.9. The summed E-state index contributed by atoms with van der Waals surface area (Å²) in [6, 6.07) is 47.5. The van der Waals surface area contributed by atoms with Crippen molar-refractivity contribution < 1.29 is 17.0 Å². The first kappa shape index (κ1) is 25.7. The van der Waals surface area contributed by atoms with Crippen LogP contribution in [0.3, 0.4) is 0 Å². The van der Waals surface area contributed by atoms with Crippen molar-refractivity contribution in [2.45, 2.75) is 6.16 Å². The van der Waals surface area contributed by atoms with Crippen LogP contribution in [0.5, 0.6) is 0 Å². The van der Waals surface area contributed by atoms with Crippen LogP contribution in [0.2, 0.25) is 10.0 Å². The van der Waals surface area contributed by atoms with Gasteiger partial charge in [0.1, 0.15) is 23.2 Å². The third-order valence-electron chi connectivity index (χ3n) is 6.25. The second-order valence-corrected chi connectivity index (χ2v) is 12.6. The fraction of sp³-hybridized carbons (Fsp3) is 0.0323. The monoisotopic (exact) mass is 576 g/mol. The molecular weight excluding hydrogens is 554 g/mol. The van der Waals surface area contributed by atoms with Crippen LogP contribution in [-0.2, 0) is 6.16 Å². The minimum absolute atomic E-state index is 0. The quantitative estimate of drug-likeness (QED) is 0.245. The van der Waals surface area contributed by atoms with Gasteiger partial charge < -0.3 is 17.0 Å². The Balaban J connectivity index is 0.00000289. The van der Waals surface area contributed by atoms with Gasteiger partial charge in [-0.25, -0.2) is 0 Å². The molecule has 0 fully saturated rings. The highest BCUT2D eigenvalue weighted by molar-refractivity contribution is 7.95. The summed E-state index contributed by atoms with van der Waals surface area (Å²) in [5, 5.41) is 5.26. The molecule has 5 aromatic rings. The van der Waals surface area contributed by atoms with Crippen LogP contribution in [-0.4, -0.2) is 0 Å². The third-order valence-corrected chi connectivity index (χ3v) is 11.3. The van der Waals surface area contributed by atoms with Crippen molar-refractivity contribution in [3.8, 4) is 11.1 Å². The van der Waals surface area contributed by atoms with E-state index in [0.29, 0.717) is 10.0 Å². The Morgan fingerprint density at radius 3 is 1.43 bits per heavy atom. The number of rotatable bonds is 6. The summed E-state index contributed by atoms with van der Waals surface area (Å²) in [6.45, 7) is 0. The first-order valence-electron chi connectivity index (χ1n) is 11.3. The Hall–Kier alpha value is -2.41. The lowest BCUT2D eigenvalue weighted by atomic mass is 10.0. The molecule has 0 heterocycles. The maximum atomic E-state index is 6.41. The fourth-order valence-electron chi connectivity index (χ4n) is 4.63. The normalized spacial score (nSPS) is 11.0. The van der Waals surface area contributed by atoms with Crippen molar-refractivity contribution in [3.05, 3.63) is 149 Å². The van der Waals surface area contributed by atoms with Gasteiger partial charge >= 0.3 is 0 Å². The Morgan fingerprint density at radius 1 is 0.486 bits per heavy atom. The van der Waals surface area contributed by atoms with Crippen LogP contribution in [0.4, 0.5) is 0 Å². The first-order chi connectivity index (χ1) is 16.7. The Labute approximate surface area is 228 Å². The average Bonchev–Trinajstić information content (AvgIpc) is 2.91. The van der Waals surface area contributed by atoms with E-state index in [1.54, 1.807) is 0 Å². The number of hydrogen-bond acceptors (Lipinski definition) is 0. The standard InChI is InChI=1S/C31H24Cl2P.BrH/c32-30-21-20-24(22-31(30)33)29-19-11-10-12-25(29)23-34(26-13-4-1-5-14-26,27-15-6-2-7-16-27)28-17-8-3-9-18-28;/h1-22H,23H2;1H/q+1;/p-1. The van der Waals surface area contributed by atoms with Gasteiger partial charge in [-0.2, -0.15) is 0 Å². The summed E-state index contributed by atoms with van der Waals surface area (Å²) in [5.41, 5.74) is 3.57. The lowest BCUT2D eigenvalue weighted by Gasteiger charge is -2.28. The Bertz CT molecular complexity index is 1290. The van der Waals surface area contributed by atoms with Crippen LogP contribution >= 0.6 is 30.5 Å². The van der Waals surface area contributed by atoms with Crippen LogP contribution in [0.15, 0.2) is 133 Å². The van der Waals surface area contributed by atoms with E-state index in [4.69, 9.17) is 23.2 Å². The minimum atomic E-state index is -2.00. The van der Waals surface area contributed by atoms with Crippen molar-refractivity contribution in [1.29, 1.82) is 0 Å². The van der Waals surface area contributed by atoms with Crippen molar-refractivity contribution in [1.82, 2.24) is 0 Å². The summed E-state index contributed by atoms with van der Waals surface area (Å²) in [7, 11) is -2.00. The Kier molecular flexibility index (Phi) is 8.47. The molecule has 5 rings (SSSR count). The largest absolute Gasteiger partial charge is 1.00 e. The predicted octanol–water partition coefficient (Wildman–Crippen LogP) is 5.16. The zero-order chi connectivity index (χ0) is 23.4. The Morgan fingerprint density at radius 2 is 0.943 bits per heavy atom. The fourth-order valence-corrected chi connectivity index (χ4v) is 9.20. The zero-order valence-electron chi connectivity index (χ0n) is 19.0. The van der Waals surface area contributed by atoms with E-state index in [9.17, 15) is 0 Å². The summed E-state index contributed by atoms with van der Waals surface area (Å²) in [4.78, 5) is 0. The van der Waals surface area contributed by atoms with Crippen LogP contribution in [0.1, 0.15) is 5.56 Å². The second-order valence-electron chi connectivity index (χ2n) is 8.26. The van der Waals surface area contributed by atoms with Crippen molar-refractivity contribution in [2.24, 2.45) is 0 Å². The SMILES string of the molecule is Clc1ccc(-c2ccccc2C[P+](c2ccccc2)(c2ccccc2)c2ccccc2)cc1Cl.[Br-]. The first-order valence-corrected chi connectivity index (χ1v) is 14.0. The molecule has 0 N–H and O–H groups in total. The van der Waals surface area contributed by atoms with Crippen LogP contribution < -0.4 is 32.9 Å². The molecule has 0 atom stereocenters. The van der Waals surface area contributed by atoms with Crippen LogP contribution in [0.25, 0.3) is 11.1 Å². The minimum Gasteiger partial charge on any atom is -1.00 e. The summed E-state index contributed by atoms with van der Waals surface area (Å²) < 4.78 is 0. The molecule has 0 aliphatic rings. The molecule has 4 heteroatoms. The molecule has 5 aromatic carbocycles. The molecule has 0 bridgehead atoms. The van der Waals surface area contributed by atoms with E-state index < -0.39 is 7.26 Å². The van der Waals surface area contributed by atoms with E-state index in [-0.39, 0.29) is 17.0 Å². The molecular formula is C31H24BrCl2P. The molecule has 0 saturated heterocycles. The maximum Gasteiger partial charge on any atom is 0.116 e. The van der Waals surface area contributed by atoms with Gasteiger partial charge in [-0.3, -0.25) is 0 Å². The third kappa shape index (κ3) is 5.25. The van der Waals surface area contributed by atoms with E-state index in [0.717, 1.165) is 11.7 Å². The lowest BCUT2D eigenvalue weighted by molar-refractivity contribution is -0.00000634. The second kappa shape index (κ2) is 11.5. The predicted molar refractivity (Wildman–Crippen MR) is 151 cm³/mol. The molecule has 0 radical (unpaired) electrons. The molecule has 0 aliphatic heterocycles. The highest BCUT2D eigenvalue weighted by Gasteiger charge is 2.45. The van der Waals surface area contributed by atoms with E-state index in [1.165, 1.54) is 27.0 Å². The smallest absolute Gasteiger partial charge is 0.116 e. The van der Waals surface area contributed by atoms with Gasteiger partial charge in [0.2, 0.25) is 0 Å². The molecule has 0 spiro atoms. The molecule has 0 amide bonds. The average molecular weight is 578 g/mol. The van der Waals surface area contributed by atoms with Crippen molar-refractivity contribution in [2.75, 3.05) is 0 Å². The molecule has 0 aromatic heterocycles. The van der Waals surface area contributed by atoms with E-state index >= 15 is 0 Å².